The molecule has 0 saturated heterocycles. The Hall–Kier alpha value is -2.34. The van der Waals surface area contributed by atoms with Crippen molar-refractivity contribution in [2.24, 2.45) is 0 Å². The predicted molar refractivity (Wildman–Crippen MR) is 81.4 cm³/mol. The van der Waals surface area contributed by atoms with Gasteiger partial charge in [0.2, 0.25) is 0 Å². The highest BCUT2D eigenvalue weighted by atomic mass is 32.1. The summed E-state index contributed by atoms with van der Waals surface area (Å²) in [5, 5.41) is 0. The Kier molecular flexibility index (Phi) is 2.71. The van der Waals surface area contributed by atoms with E-state index in [1.54, 1.807) is 22.4 Å². The first-order valence-electron chi connectivity index (χ1n) is 6.71. The highest BCUT2D eigenvalue weighted by Gasteiger charge is 2.26. The minimum absolute atomic E-state index is 0.0840. The van der Waals surface area contributed by atoms with Crippen LogP contribution in [0.15, 0.2) is 36.7 Å². The van der Waals surface area contributed by atoms with Gasteiger partial charge in [-0.15, -0.1) is 11.3 Å². The number of hydrogen-bond acceptors (Lipinski definition) is 4. The maximum atomic E-state index is 12.7. The smallest absolute Gasteiger partial charge is 0.278 e. The molecule has 0 bridgehead atoms. The highest BCUT2D eigenvalue weighted by Crippen LogP contribution is 2.32. The molecule has 1 aliphatic heterocycles. The summed E-state index contributed by atoms with van der Waals surface area (Å²) in [5.74, 6) is 0.660. The summed E-state index contributed by atoms with van der Waals surface area (Å²) in [7, 11) is 0. The highest BCUT2D eigenvalue weighted by molar-refractivity contribution is 7.17. The number of aromatic nitrogens is 2. The maximum absolute atomic E-state index is 12.7. The van der Waals surface area contributed by atoms with E-state index in [0.717, 1.165) is 16.4 Å². The molecule has 3 aromatic rings. The quantitative estimate of drug-likeness (QED) is 0.694. The van der Waals surface area contributed by atoms with E-state index in [1.807, 2.05) is 41.8 Å². The van der Waals surface area contributed by atoms with E-state index in [0.29, 0.717) is 18.8 Å². The number of thiazole rings is 1. The Bertz CT molecular complexity index is 805. The molecule has 4 rings (SSSR count). The molecular weight excluding hydrogens is 286 g/mol. The number of benzene rings is 1. The Balaban J connectivity index is 1.73. The summed E-state index contributed by atoms with van der Waals surface area (Å²) in [4.78, 5) is 20.9. The van der Waals surface area contributed by atoms with Crippen LogP contribution in [0.5, 0.6) is 5.75 Å². The number of rotatable bonds is 1. The van der Waals surface area contributed by atoms with E-state index >= 15 is 0 Å². The molecule has 6 heteroatoms. The Morgan fingerprint density at radius 2 is 2.19 bits per heavy atom. The molecule has 0 N–H and O–H groups in total. The molecule has 0 radical (unpaired) electrons. The van der Waals surface area contributed by atoms with Gasteiger partial charge in [0.15, 0.2) is 4.96 Å². The summed E-state index contributed by atoms with van der Waals surface area (Å²) >= 11 is 1.58. The number of ether oxygens (including phenoxy) is 1. The number of fused-ring (bicyclic) bond motifs is 2. The van der Waals surface area contributed by atoms with Gasteiger partial charge in [0.05, 0.1) is 12.2 Å². The van der Waals surface area contributed by atoms with Gasteiger partial charge in [-0.3, -0.25) is 9.20 Å². The van der Waals surface area contributed by atoms with E-state index in [4.69, 9.17) is 4.74 Å². The van der Waals surface area contributed by atoms with Gasteiger partial charge in [-0.2, -0.15) is 0 Å². The summed E-state index contributed by atoms with van der Waals surface area (Å²) in [6.07, 6.45) is 3.77. The van der Waals surface area contributed by atoms with Gasteiger partial charge >= 0.3 is 0 Å². The van der Waals surface area contributed by atoms with Gasteiger partial charge in [0.25, 0.3) is 5.91 Å². The number of carbonyl (C=O) groups excluding carboxylic acids is 1. The molecule has 0 spiro atoms. The molecule has 1 aromatic carbocycles. The molecular formula is C15H13N3O2S. The lowest BCUT2D eigenvalue weighted by Crippen LogP contribution is -2.38. The van der Waals surface area contributed by atoms with Crippen LogP contribution in [0.1, 0.15) is 15.4 Å². The molecule has 0 aliphatic carbocycles. The van der Waals surface area contributed by atoms with E-state index in [1.165, 1.54) is 4.88 Å². The number of para-hydroxylation sites is 2. The van der Waals surface area contributed by atoms with Crippen molar-refractivity contribution < 1.29 is 9.53 Å². The van der Waals surface area contributed by atoms with Crippen LogP contribution in [0.2, 0.25) is 0 Å². The third kappa shape index (κ3) is 1.99. The van der Waals surface area contributed by atoms with Gasteiger partial charge in [-0.1, -0.05) is 12.1 Å². The van der Waals surface area contributed by atoms with Crippen molar-refractivity contribution in [2.45, 2.75) is 6.92 Å². The largest absolute Gasteiger partial charge is 0.490 e. The van der Waals surface area contributed by atoms with Crippen LogP contribution in [0.3, 0.4) is 0 Å². The van der Waals surface area contributed by atoms with Crippen LogP contribution in [0.4, 0.5) is 5.69 Å². The minimum atomic E-state index is -0.0840. The number of hydrogen-bond donors (Lipinski definition) is 0. The fourth-order valence-corrected chi connectivity index (χ4v) is 3.34. The zero-order valence-corrected chi connectivity index (χ0v) is 12.3. The second kappa shape index (κ2) is 4.60. The molecule has 0 atom stereocenters. The zero-order valence-electron chi connectivity index (χ0n) is 11.4. The van der Waals surface area contributed by atoms with Gasteiger partial charge in [-0.25, -0.2) is 4.98 Å². The first-order valence-corrected chi connectivity index (χ1v) is 7.53. The summed E-state index contributed by atoms with van der Waals surface area (Å²) in [6.45, 7) is 3.07. The standard InChI is InChI=1S/C15H13N3O2S/c1-10-8-17-9-11(16-15(17)21-10)14(19)18-6-7-20-13-5-3-2-4-12(13)18/h2-5,8-9H,6-7H2,1H3. The number of nitrogens with zero attached hydrogens (tertiary/aromatic N) is 3. The fourth-order valence-electron chi connectivity index (χ4n) is 2.53. The van der Waals surface area contributed by atoms with Crippen LogP contribution < -0.4 is 9.64 Å². The van der Waals surface area contributed by atoms with E-state index in [-0.39, 0.29) is 5.91 Å². The number of carbonyl (C=O) groups is 1. The van der Waals surface area contributed by atoms with Gasteiger partial charge in [0.1, 0.15) is 18.1 Å². The van der Waals surface area contributed by atoms with Gasteiger partial charge in [-0.05, 0) is 19.1 Å². The lowest BCUT2D eigenvalue weighted by Gasteiger charge is -2.28. The molecule has 0 saturated carbocycles. The van der Waals surface area contributed by atoms with Crippen LogP contribution in [0.25, 0.3) is 4.96 Å². The van der Waals surface area contributed by atoms with Crippen molar-refractivity contribution in [1.82, 2.24) is 9.38 Å². The van der Waals surface area contributed by atoms with Crippen LogP contribution in [0, 0.1) is 6.92 Å². The Labute approximate surface area is 125 Å². The number of imidazole rings is 1. The molecule has 0 unspecified atom stereocenters. The first-order chi connectivity index (χ1) is 10.2. The maximum Gasteiger partial charge on any atom is 0.278 e. The molecule has 2 aromatic heterocycles. The lowest BCUT2D eigenvalue weighted by atomic mass is 10.2. The molecule has 0 fully saturated rings. The van der Waals surface area contributed by atoms with Gasteiger partial charge in [0, 0.05) is 17.3 Å². The molecule has 3 heterocycles. The van der Waals surface area contributed by atoms with E-state index in [9.17, 15) is 4.79 Å². The predicted octanol–water partition coefficient (Wildman–Crippen LogP) is 2.74. The van der Waals surface area contributed by atoms with Crippen molar-refractivity contribution in [3.63, 3.8) is 0 Å². The molecule has 106 valence electrons. The SMILES string of the molecule is Cc1cn2cc(C(=O)N3CCOc4ccccc43)nc2s1. The van der Waals surface area contributed by atoms with Crippen molar-refractivity contribution in [1.29, 1.82) is 0 Å². The van der Waals surface area contributed by atoms with E-state index in [2.05, 4.69) is 4.98 Å². The summed E-state index contributed by atoms with van der Waals surface area (Å²) in [6, 6.07) is 7.59. The third-order valence-electron chi connectivity index (χ3n) is 3.46. The molecule has 1 amide bonds. The zero-order chi connectivity index (χ0) is 14.4. The average Bonchev–Trinajstić information content (AvgIpc) is 3.03. The van der Waals surface area contributed by atoms with Crippen LogP contribution in [-0.4, -0.2) is 28.4 Å². The minimum Gasteiger partial charge on any atom is -0.490 e. The van der Waals surface area contributed by atoms with Crippen LogP contribution >= 0.6 is 11.3 Å². The molecule has 21 heavy (non-hydrogen) atoms. The second-order valence-corrected chi connectivity index (χ2v) is 6.14. The fraction of sp³-hybridized carbons (Fsp3) is 0.200. The third-order valence-corrected chi connectivity index (χ3v) is 4.38. The lowest BCUT2D eigenvalue weighted by molar-refractivity contribution is 0.0972. The number of aryl methyl sites for hydroxylation is 1. The van der Waals surface area contributed by atoms with E-state index < -0.39 is 0 Å². The normalized spacial score (nSPS) is 14.0. The number of anilines is 1. The van der Waals surface area contributed by atoms with Crippen LogP contribution in [-0.2, 0) is 0 Å². The first kappa shape index (κ1) is 12.4. The summed E-state index contributed by atoms with van der Waals surface area (Å²) in [5.41, 5.74) is 1.28. The van der Waals surface area contributed by atoms with Crippen molar-refractivity contribution in [2.75, 3.05) is 18.1 Å². The van der Waals surface area contributed by atoms with Crippen molar-refractivity contribution in [3.05, 3.63) is 47.2 Å². The Morgan fingerprint density at radius 1 is 1.33 bits per heavy atom. The average molecular weight is 299 g/mol. The topological polar surface area (TPSA) is 46.8 Å². The monoisotopic (exact) mass is 299 g/mol. The Morgan fingerprint density at radius 3 is 3.05 bits per heavy atom. The van der Waals surface area contributed by atoms with Crippen molar-refractivity contribution in [3.8, 4) is 5.75 Å². The molecule has 1 aliphatic rings. The van der Waals surface area contributed by atoms with Crippen molar-refractivity contribution >= 4 is 27.9 Å². The summed E-state index contributed by atoms with van der Waals surface area (Å²) < 4.78 is 7.48. The second-order valence-electron chi connectivity index (χ2n) is 4.93. The molecule has 5 nitrogen and oxygen atoms in total. The number of amides is 1. The van der Waals surface area contributed by atoms with Gasteiger partial charge < -0.3 is 9.64 Å².